The Morgan fingerprint density at radius 3 is 2.46 bits per heavy atom. The van der Waals surface area contributed by atoms with Gasteiger partial charge in [0.2, 0.25) is 10.0 Å². The molecule has 0 bridgehead atoms. The molecule has 0 radical (unpaired) electrons. The Hall–Kier alpha value is -1.15. The molecule has 1 heterocycles. The monoisotopic (exact) mass is 415 g/mol. The average Bonchev–Trinajstić information content (AvgIpc) is 2.64. The molecule has 2 aromatic carbocycles. The van der Waals surface area contributed by atoms with Crippen molar-refractivity contribution < 1.29 is 18.1 Å². The first-order valence-corrected chi connectivity index (χ1v) is 10.6. The molecular weight excluding hydrogens is 395 g/mol. The van der Waals surface area contributed by atoms with Gasteiger partial charge in [0.1, 0.15) is 24.5 Å². The number of benzene rings is 2. The van der Waals surface area contributed by atoms with Crippen LogP contribution in [0.25, 0.3) is 0 Å². The summed E-state index contributed by atoms with van der Waals surface area (Å²) in [6.07, 6.45) is 0. The van der Waals surface area contributed by atoms with Gasteiger partial charge in [0, 0.05) is 17.1 Å². The third kappa shape index (κ3) is 4.97. The predicted molar refractivity (Wildman–Crippen MR) is 102 cm³/mol. The van der Waals surface area contributed by atoms with Crippen molar-refractivity contribution in [2.45, 2.75) is 18.0 Å². The van der Waals surface area contributed by atoms with E-state index in [2.05, 4.69) is 4.72 Å². The highest BCUT2D eigenvalue weighted by Gasteiger charge is 2.20. The molecule has 0 aliphatic carbocycles. The summed E-state index contributed by atoms with van der Waals surface area (Å²) < 4.78 is 33.2. The maximum Gasteiger partial charge on any atom is 0.242 e. The number of rotatable bonds is 6. The molecule has 0 unspecified atom stereocenters. The van der Waals surface area contributed by atoms with Gasteiger partial charge in [-0.2, -0.15) is 0 Å². The first kappa shape index (κ1) is 19.6. The van der Waals surface area contributed by atoms with E-state index in [1.807, 2.05) is 24.3 Å². The van der Waals surface area contributed by atoms with E-state index in [1.54, 1.807) is 6.07 Å². The molecule has 2 aromatic rings. The van der Waals surface area contributed by atoms with Crippen LogP contribution in [0, 0.1) is 0 Å². The Labute approximate surface area is 163 Å². The van der Waals surface area contributed by atoms with Crippen LogP contribution in [0.1, 0.15) is 11.1 Å². The van der Waals surface area contributed by atoms with Gasteiger partial charge in [-0.25, -0.2) is 13.1 Å². The van der Waals surface area contributed by atoms with Crippen molar-refractivity contribution in [3.8, 4) is 0 Å². The van der Waals surface area contributed by atoms with E-state index in [4.69, 9.17) is 27.9 Å². The highest BCUT2D eigenvalue weighted by Crippen LogP contribution is 2.25. The zero-order valence-corrected chi connectivity index (χ0v) is 16.5. The van der Waals surface area contributed by atoms with E-state index in [-0.39, 0.29) is 16.5 Å². The Morgan fingerprint density at radius 1 is 1.04 bits per heavy atom. The second-order valence-electron chi connectivity index (χ2n) is 6.21. The van der Waals surface area contributed by atoms with Crippen LogP contribution in [0.2, 0.25) is 10.0 Å². The van der Waals surface area contributed by atoms with Gasteiger partial charge in [0.15, 0.2) is 0 Å². The van der Waals surface area contributed by atoms with Crippen molar-refractivity contribution in [1.82, 2.24) is 4.72 Å². The van der Waals surface area contributed by atoms with E-state index in [1.165, 1.54) is 17.0 Å². The van der Waals surface area contributed by atoms with Crippen LogP contribution < -0.4 is 9.62 Å². The second-order valence-corrected chi connectivity index (χ2v) is 8.79. The molecular formula is C18H21Cl2N2O3S+. The Balaban J connectivity index is 1.74. The fourth-order valence-corrected chi connectivity index (χ4v) is 4.71. The van der Waals surface area contributed by atoms with E-state index in [0.717, 1.165) is 44.0 Å². The summed E-state index contributed by atoms with van der Waals surface area (Å²) in [7, 11) is -3.75. The first-order chi connectivity index (χ1) is 12.5. The molecule has 8 heteroatoms. The summed E-state index contributed by atoms with van der Waals surface area (Å²) in [6.45, 7) is 4.48. The minimum absolute atomic E-state index is 0.0112. The normalized spacial score (nSPS) is 15.9. The molecule has 5 nitrogen and oxygen atoms in total. The van der Waals surface area contributed by atoms with Crippen molar-refractivity contribution in [2.75, 3.05) is 26.3 Å². The third-order valence-corrected chi connectivity index (χ3v) is 6.51. The van der Waals surface area contributed by atoms with Gasteiger partial charge in [0.05, 0.1) is 18.2 Å². The lowest BCUT2D eigenvalue weighted by Gasteiger charge is -2.24. The summed E-state index contributed by atoms with van der Waals surface area (Å²) in [5.74, 6) is 0. The molecule has 0 saturated carbocycles. The van der Waals surface area contributed by atoms with Crippen molar-refractivity contribution in [3.05, 3.63) is 63.6 Å². The van der Waals surface area contributed by atoms with Gasteiger partial charge in [-0.05, 0) is 23.8 Å². The van der Waals surface area contributed by atoms with Crippen LogP contribution in [0.5, 0.6) is 0 Å². The van der Waals surface area contributed by atoms with Gasteiger partial charge < -0.3 is 9.64 Å². The lowest BCUT2D eigenvalue weighted by Crippen LogP contribution is -3.12. The molecule has 0 aromatic heterocycles. The molecule has 26 heavy (non-hydrogen) atoms. The lowest BCUT2D eigenvalue weighted by atomic mass is 10.1. The van der Waals surface area contributed by atoms with Crippen molar-refractivity contribution in [3.63, 3.8) is 0 Å². The number of morpholine rings is 1. The minimum atomic E-state index is -3.75. The quantitative estimate of drug-likeness (QED) is 0.756. The number of nitrogens with one attached hydrogen (secondary N) is 2. The largest absolute Gasteiger partial charge is 0.370 e. The summed E-state index contributed by atoms with van der Waals surface area (Å²) >= 11 is 11.9. The molecule has 1 fully saturated rings. The van der Waals surface area contributed by atoms with E-state index < -0.39 is 10.0 Å². The first-order valence-electron chi connectivity index (χ1n) is 8.38. The molecule has 1 aliphatic heterocycles. The fourth-order valence-electron chi connectivity index (χ4n) is 2.94. The second kappa shape index (κ2) is 8.69. The molecule has 0 amide bonds. The molecule has 140 valence electrons. The average molecular weight is 416 g/mol. The number of hydrogen-bond acceptors (Lipinski definition) is 3. The maximum atomic E-state index is 12.6. The molecule has 2 N–H and O–H groups in total. The Morgan fingerprint density at radius 2 is 1.73 bits per heavy atom. The highest BCUT2D eigenvalue weighted by atomic mass is 35.5. The van der Waals surface area contributed by atoms with Gasteiger partial charge >= 0.3 is 0 Å². The summed E-state index contributed by atoms with van der Waals surface area (Å²) in [6, 6.07) is 12.3. The van der Waals surface area contributed by atoms with Crippen LogP contribution in [0.15, 0.2) is 47.4 Å². The summed E-state index contributed by atoms with van der Waals surface area (Å²) in [5, 5.41) is 0.471. The SMILES string of the molecule is O=S(=O)(NCc1ccccc1C[NH+]1CCOCC1)c1cc(Cl)ccc1Cl. The van der Waals surface area contributed by atoms with Gasteiger partial charge in [0.25, 0.3) is 0 Å². The number of halogens is 2. The van der Waals surface area contributed by atoms with Crippen LogP contribution in [0.4, 0.5) is 0 Å². The molecule has 3 rings (SSSR count). The van der Waals surface area contributed by atoms with Crippen molar-refractivity contribution in [2.24, 2.45) is 0 Å². The van der Waals surface area contributed by atoms with Gasteiger partial charge in [-0.3, -0.25) is 0 Å². The van der Waals surface area contributed by atoms with E-state index in [9.17, 15) is 8.42 Å². The maximum absolute atomic E-state index is 12.6. The van der Waals surface area contributed by atoms with Crippen LogP contribution in [-0.4, -0.2) is 34.7 Å². The summed E-state index contributed by atoms with van der Waals surface area (Å²) in [5.41, 5.74) is 2.08. The number of quaternary nitrogens is 1. The lowest BCUT2D eigenvalue weighted by molar-refractivity contribution is -0.921. The minimum Gasteiger partial charge on any atom is -0.370 e. The zero-order chi connectivity index (χ0) is 18.6. The van der Waals surface area contributed by atoms with E-state index >= 15 is 0 Å². The highest BCUT2D eigenvalue weighted by molar-refractivity contribution is 7.89. The van der Waals surface area contributed by atoms with Crippen LogP contribution in [-0.2, 0) is 27.8 Å². The topological polar surface area (TPSA) is 59.8 Å². The fraction of sp³-hybridized carbons (Fsp3) is 0.333. The zero-order valence-electron chi connectivity index (χ0n) is 14.2. The Kier molecular flexibility index (Phi) is 6.55. The van der Waals surface area contributed by atoms with Crippen LogP contribution in [0.3, 0.4) is 0 Å². The summed E-state index contributed by atoms with van der Waals surface area (Å²) in [4.78, 5) is 1.42. The van der Waals surface area contributed by atoms with Crippen molar-refractivity contribution in [1.29, 1.82) is 0 Å². The number of ether oxygens (including phenoxy) is 1. The molecule has 1 saturated heterocycles. The van der Waals surface area contributed by atoms with Gasteiger partial charge in [-0.15, -0.1) is 0 Å². The standard InChI is InChI=1S/C18H20Cl2N2O3S/c19-16-5-6-17(20)18(11-16)26(23,24)21-12-14-3-1-2-4-15(14)13-22-7-9-25-10-8-22/h1-6,11,21H,7-10,12-13H2/p+1. The number of hydrogen-bond donors (Lipinski definition) is 2. The molecule has 0 atom stereocenters. The van der Waals surface area contributed by atoms with Crippen molar-refractivity contribution >= 4 is 33.2 Å². The smallest absolute Gasteiger partial charge is 0.242 e. The number of sulfonamides is 1. The third-order valence-electron chi connectivity index (χ3n) is 4.39. The predicted octanol–water partition coefficient (Wildman–Crippen LogP) is 1.89. The van der Waals surface area contributed by atoms with E-state index in [0.29, 0.717) is 5.02 Å². The molecule has 1 aliphatic rings. The van der Waals surface area contributed by atoms with Crippen LogP contribution >= 0.6 is 23.2 Å². The Bertz CT molecular complexity index is 868. The molecule has 0 spiro atoms. The van der Waals surface area contributed by atoms with Gasteiger partial charge in [-0.1, -0.05) is 47.5 Å².